The van der Waals surface area contributed by atoms with E-state index in [4.69, 9.17) is 9.72 Å². The second kappa shape index (κ2) is 9.32. The van der Waals surface area contributed by atoms with Gasteiger partial charge in [0.15, 0.2) is 0 Å². The van der Waals surface area contributed by atoms with Gasteiger partial charge < -0.3 is 4.74 Å². The van der Waals surface area contributed by atoms with Crippen molar-refractivity contribution in [3.63, 3.8) is 0 Å². The Bertz CT molecular complexity index is 845. The first kappa shape index (κ1) is 22.3. The van der Waals surface area contributed by atoms with E-state index in [2.05, 4.69) is 12.1 Å². The summed E-state index contributed by atoms with van der Waals surface area (Å²) < 4.78 is 45.1. The summed E-state index contributed by atoms with van der Waals surface area (Å²) in [6, 6.07) is 12.0. The van der Waals surface area contributed by atoms with Gasteiger partial charge in [-0.25, -0.2) is 0 Å². The number of unbranched alkanes of at least 4 members (excludes halogenated alkanes) is 2. The van der Waals surface area contributed by atoms with Crippen LogP contribution in [0.3, 0.4) is 0 Å². The van der Waals surface area contributed by atoms with Crippen LogP contribution in [0.25, 0.3) is 0 Å². The molecule has 0 amide bonds. The zero-order valence-electron chi connectivity index (χ0n) is 18.1. The van der Waals surface area contributed by atoms with Gasteiger partial charge in [-0.05, 0) is 68.7 Å². The van der Waals surface area contributed by atoms with Gasteiger partial charge in [-0.15, -0.1) is 0 Å². The molecule has 2 nitrogen and oxygen atoms in total. The second-order valence-electron chi connectivity index (χ2n) is 9.42. The molecule has 1 spiro atoms. The average molecular weight is 432 g/mol. The molecule has 1 atom stereocenters. The predicted molar refractivity (Wildman–Crippen MR) is 116 cm³/mol. The van der Waals surface area contributed by atoms with Gasteiger partial charge in [0.2, 0.25) is 0 Å². The highest BCUT2D eigenvalue weighted by Gasteiger charge is 2.48. The van der Waals surface area contributed by atoms with Gasteiger partial charge in [0.05, 0.1) is 11.2 Å². The fourth-order valence-corrected chi connectivity index (χ4v) is 5.67. The summed E-state index contributed by atoms with van der Waals surface area (Å²) in [6.07, 6.45) is 9.19. The Morgan fingerprint density at radius 1 is 0.935 bits per heavy atom. The summed E-state index contributed by atoms with van der Waals surface area (Å²) in [5, 5.41) is 0. The van der Waals surface area contributed by atoms with Gasteiger partial charge in [-0.3, -0.25) is 4.98 Å². The molecule has 1 saturated carbocycles. The maximum absolute atomic E-state index is 12.9. The number of ether oxygens (including phenoxy) is 1. The van der Waals surface area contributed by atoms with Gasteiger partial charge in [-0.2, -0.15) is 13.2 Å². The van der Waals surface area contributed by atoms with Gasteiger partial charge in [0, 0.05) is 23.9 Å². The smallest absolute Gasteiger partial charge is 0.375 e. The molecular formula is C26H32F3NO. The quantitative estimate of drug-likeness (QED) is 0.430. The summed E-state index contributed by atoms with van der Waals surface area (Å²) in [5.74, 6) is 0. The van der Waals surface area contributed by atoms with E-state index in [1.807, 2.05) is 12.3 Å². The van der Waals surface area contributed by atoms with Crippen LogP contribution in [0.1, 0.15) is 81.0 Å². The van der Waals surface area contributed by atoms with Crippen molar-refractivity contribution in [2.45, 2.75) is 87.8 Å². The SMILES string of the molecule is FC(F)(F)c1cccc(CCCCC[C@@]2(c3ccccn3)CCOC3(CCCC3)C2)c1. The lowest BCUT2D eigenvalue weighted by Gasteiger charge is -2.46. The summed E-state index contributed by atoms with van der Waals surface area (Å²) >= 11 is 0. The van der Waals surface area contributed by atoms with Gasteiger partial charge in [0.1, 0.15) is 0 Å². The van der Waals surface area contributed by atoms with E-state index in [-0.39, 0.29) is 11.0 Å². The summed E-state index contributed by atoms with van der Waals surface area (Å²) in [6.45, 7) is 0.792. The Morgan fingerprint density at radius 2 is 1.77 bits per heavy atom. The number of benzene rings is 1. The molecule has 1 saturated heterocycles. The first-order chi connectivity index (χ1) is 14.9. The largest absolute Gasteiger partial charge is 0.416 e. The van der Waals surface area contributed by atoms with Crippen LogP contribution in [0, 0.1) is 0 Å². The molecule has 2 fully saturated rings. The molecular weight excluding hydrogens is 399 g/mol. The van der Waals surface area contributed by atoms with E-state index >= 15 is 0 Å². The Balaban J connectivity index is 1.37. The molecule has 0 N–H and O–H groups in total. The molecule has 5 heteroatoms. The molecule has 1 aliphatic carbocycles. The minimum Gasteiger partial charge on any atom is -0.375 e. The number of aryl methyl sites for hydroxylation is 1. The molecule has 2 heterocycles. The highest BCUT2D eigenvalue weighted by atomic mass is 19.4. The minimum atomic E-state index is -4.27. The molecule has 0 radical (unpaired) electrons. The van der Waals surface area contributed by atoms with Crippen molar-refractivity contribution in [1.82, 2.24) is 4.98 Å². The van der Waals surface area contributed by atoms with Crippen molar-refractivity contribution < 1.29 is 17.9 Å². The van der Waals surface area contributed by atoms with E-state index in [0.717, 1.165) is 69.6 Å². The molecule has 1 aromatic carbocycles. The van der Waals surface area contributed by atoms with E-state index in [9.17, 15) is 13.2 Å². The van der Waals surface area contributed by atoms with E-state index in [1.54, 1.807) is 6.07 Å². The van der Waals surface area contributed by atoms with E-state index < -0.39 is 11.7 Å². The molecule has 4 rings (SSSR count). The van der Waals surface area contributed by atoms with Crippen LogP contribution in [0.15, 0.2) is 48.7 Å². The number of aromatic nitrogens is 1. The maximum atomic E-state index is 12.9. The third kappa shape index (κ3) is 5.31. The number of nitrogens with zero attached hydrogens (tertiary/aromatic N) is 1. The third-order valence-electron chi connectivity index (χ3n) is 7.25. The fourth-order valence-electron chi connectivity index (χ4n) is 5.67. The number of hydrogen-bond donors (Lipinski definition) is 0. The van der Waals surface area contributed by atoms with Crippen LogP contribution >= 0.6 is 0 Å². The minimum absolute atomic E-state index is 0.0216. The van der Waals surface area contributed by atoms with Crippen LogP contribution in [0.4, 0.5) is 13.2 Å². The van der Waals surface area contributed by atoms with Crippen LogP contribution < -0.4 is 0 Å². The van der Waals surface area contributed by atoms with Gasteiger partial charge in [0.25, 0.3) is 0 Å². The molecule has 0 unspecified atom stereocenters. The van der Waals surface area contributed by atoms with Crippen molar-refractivity contribution in [2.24, 2.45) is 0 Å². The molecule has 2 aromatic rings. The van der Waals surface area contributed by atoms with E-state index in [0.29, 0.717) is 6.42 Å². The monoisotopic (exact) mass is 431 g/mol. The number of pyridine rings is 1. The fraction of sp³-hybridized carbons (Fsp3) is 0.577. The van der Waals surface area contributed by atoms with Crippen LogP contribution in [0.5, 0.6) is 0 Å². The van der Waals surface area contributed by atoms with Crippen molar-refractivity contribution in [2.75, 3.05) is 6.61 Å². The Kier molecular flexibility index (Phi) is 6.71. The zero-order chi connectivity index (χ0) is 21.8. The molecule has 168 valence electrons. The zero-order valence-corrected chi connectivity index (χ0v) is 18.1. The van der Waals surface area contributed by atoms with Crippen LogP contribution in [0.2, 0.25) is 0 Å². The summed E-state index contributed by atoms with van der Waals surface area (Å²) in [7, 11) is 0. The lowest BCUT2D eigenvalue weighted by Crippen LogP contribution is -2.46. The lowest BCUT2D eigenvalue weighted by molar-refractivity contribution is -0.137. The molecule has 1 aromatic heterocycles. The second-order valence-corrected chi connectivity index (χ2v) is 9.42. The standard InChI is InChI=1S/C26H32F3NO/c27-26(28,29)22-11-8-10-21(19-22)9-2-1-4-13-24(23-12-3-7-17-30-23)16-18-31-25(20-24)14-5-6-15-25/h3,7-8,10-12,17,19H,1-2,4-6,9,13-16,18,20H2/t24-/m1/s1. The van der Waals surface area contributed by atoms with Crippen LogP contribution in [-0.2, 0) is 22.7 Å². The predicted octanol–water partition coefficient (Wildman–Crippen LogP) is 7.26. The van der Waals surface area contributed by atoms with Crippen molar-refractivity contribution in [3.05, 3.63) is 65.5 Å². The number of halogens is 3. The number of hydrogen-bond acceptors (Lipinski definition) is 2. The summed E-state index contributed by atoms with van der Waals surface area (Å²) in [5.41, 5.74) is 1.48. The molecule has 2 aliphatic rings. The highest BCUT2D eigenvalue weighted by Crippen LogP contribution is 2.50. The third-order valence-corrected chi connectivity index (χ3v) is 7.25. The van der Waals surface area contributed by atoms with Gasteiger partial charge >= 0.3 is 6.18 Å². The Morgan fingerprint density at radius 3 is 2.52 bits per heavy atom. The topological polar surface area (TPSA) is 22.1 Å². The first-order valence-corrected chi connectivity index (χ1v) is 11.6. The van der Waals surface area contributed by atoms with E-state index in [1.165, 1.54) is 30.7 Å². The van der Waals surface area contributed by atoms with Crippen molar-refractivity contribution in [1.29, 1.82) is 0 Å². The van der Waals surface area contributed by atoms with Crippen LogP contribution in [-0.4, -0.2) is 17.2 Å². The maximum Gasteiger partial charge on any atom is 0.416 e. The molecule has 31 heavy (non-hydrogen) atoms. The average Bonchev–Trinajstić information content (AvgIpc) is 3.21. The highest BCUT2D eigenvalue weighted by molar-refractivity contribution is 5.25. The normalized spacial score (nSPS) is 23.3. The number of alkyl halides is 3. The van der Waals surface area contributed by atoms with Crippen molar-refractivity contribution >= 4 is 0 Å². The van der Waals surface area contributed by atoms with Crippen molar-refractivity contribution in [3.8, 4) is 0 Å². The van der Waals surface area contributed by atoms with Gasteiger partial charge in [-0.1, -0.05) is 49.9 Å². The number of rotatable bonds is 7. The summed E-state index contributed by atoms with van der Waals surface area (Å²) in [4.78, 5) is 4.75. The Hall–Kier alpha value is -1.88. The first-order valence-electron chi connectivity index (χ1n) is 11.6. The Labute approximate surface area is 183 Å². The lowest BCUT2D eigenvalue weighted by atomic mass is 9.67. The molecule has 1 aliphatic heterocycles. The molecule has 0 bridgehead atoms.